The van der Waals surface area contributed by atoms with E-state index in [4.69, 9.17) is 9.47 Å². The zero-order valence-corrected chi connectivity index (χ0v) is 17.5. The van der Waals surface area contributed by atoms with Crippen LogP contribution in [-0.2, 0) is 15.9 Å². The molecule has 29 heavy (non-hydrogen) atoms. The molecule has 2 amide bonds. The van der Waals surface area contributed by atoms with E-state index in [9.17, 15) is 9.90 Å². The van der Waals surface area contributed by atoms with Gasteiger partial charge in [-0.25, -0.2) is 4.79 Å². The lowest BCUT2D eigenvalue weighted by molar-refractivity contribution is -0.0144. The number of benzene rings is 2. The third-order valence-corrected chi connectivity index (χ3v) is 4.32. The van der Waals surface area contributed by atoms with Crippen LogP contribution in [0.2, 0.25) is 0 Å². The van der Waals surface area contributed by atoms with Gasteiger partial charge in [-0.3, -0.25) is 0 Å². The highest BCUT2D eigenvalue weighted by Gasteiger charge is 2.15. The Morgan fingerprint density at radius 2 is 1.76 bits per heavy atom. The van der Waals surface area contributed by atoms with Crippen LogP contribution >= 0.6 is 0 Å². The molecule has 2 aromatic rings. The highest BCUT2D eigenvalue weighted by molar-refractivity contribution is 5.90. The van der Waals surface area contributed by atoms with Crippen LogP contribution in [0.3, 0.4) is 0 Å². The average molecular weight is 401 g/mol. The molecule has 0 spiro atoms. The Bertz CT molecular complexity index is 737. The summed E-state index contributed by atoms with van der Waals surface area (Å²) < 4.78 is 10.8. The first kappa shape index (κ1) is 22.9. The fourth-order valence-electron chi connectivity index (χ4n) is 2.84. The number of nitrogens with one attached hydrogen (secondary N) is 1. The molecule has 2 rings (SSSR count). The van der Waals surface area contributed by atoms with Crippen molar-refractivity contribution in [1.82, 2.24) is 4.90 Å². The summed E-state index contributed by atoms with van der Waals surface area (Å²) in [5.41, 5.74) is 2.98. The van der Waals surface area contributed by atoms with Gasteiger partial charge < -0.3 is 24.8 Å². The minimum Gasteiger partial charge on any atom is -0.389 e. The largest absolute Gasteiger partial charge is 0.389 e. The molecule has 0 fully saturated rings. The summed E-state index contributed by atoms with van der Waals surface area (Å²) in [5, 5.41) is 13.0. The maximum atomic E-state index is 12.5. The van der Waals surface area contributed by atoms with Crippen LogP contribution in [0.1, 0.15) is 25.0 Å². The van der Waals surface area contributed by atoms with Gasteiger partial charge in [0, 0.05) is 12.7 Å². The van der Waals surface area contributed by atoms with Crippen LogP contribution in [0.15, 0.2) is 54.6 Å². The summed E-state index contributed by atoms with van der Waals surface area (Å²) >= 11 is 0. The Morgan fingerprint density at radius 1 is 1.07 bits per heavy atom. The molecule has 0 heterocycles. The number of likely N-dealkylation sites (N-methyl/N-ethyl adjacent to an activating group) is 1. The molecule has 6 nitrogen and oxygen atoms in total. The molecule has 1 atom stereocenters. The molecule has 6 heteroatoms. The second-order valence-corrected chi connectivity index (χ2v) is 7.28. The van der Waals surface area contributed by atoms with Crippen LogP contribution in [0.5, 0.6) is 0 Å². The molecule has 0 aliphatic heterocycles. The lowest BCUT2D eigenvalue weighted by Crippen LogP contribution is -2.39. The van der Waals surface area contributed by atoms with Crippen molar-refractivity contribution in [2.24, 2.45) is 0 Å². The zero-order valence-electron chi connectivity index (χ0n) is 17.5. The minimum atomic E-state index is -0.760. The number of nitrogens with zero attached hydrogens (tertiary/aromatic N) is 1. The average Bonchev–Trinajstić information content (AvgIpc) is 2.69. The Morgan fingerprint density at radius 3 is 2.48 bits per heavy atom. The number of ether oxygens (including phenoxy) is 2. The SMILES string of the molecule is CC(C)OCCOCC(O)CN(C)C(=O)Nc1ccccc1Cc1ccccc1. The summed E-state index contributed by atoms with van der Waals surface area (Å²) in [6.45, 7) is 5.15. The van der Waals surface area contributed by atoms with E-state index in [0.29, 0.717) is 13.2 Å². The standard InChI is InChI=1S/C23H32N2O4/c1-18(2)29-14-13-28-17-21(26)16-25(3)23(27)24-22-12-8-7-11-20(22)15-19-9-5-4-6-10-19/h4-12,18,21,26H,13-17H2,1-3H3,(H,24,27). The minimum absolute atomic E-state index is 0.156. The van der Waals surface area contributed by atoms with Gasteiger partial charge in [-0.1, -0.05) is 48.5 Å². The van der Waals surface area contributed by atoms with Gasteiger partial charge in [-0.15, -0.1) is 0 Å². The molecule has 0 aromatic heterocycles. The predicted molar refractivity (Wildman–Crippen MR) is 115 cm³/mol. The van der Waals surface area contributed by atoms with Crippen molar-refractivity contribution in [3.8, 4) is 0 Å². The molecule has 0 bridgehead atoms. The van der Waals surface area contributed by atoms with Crippen LogP contribution in [-0.4, -0.2) is 61.7 Å². The van der Waals surface area contributed by atoms with E-state index in [1.807, 2.05) is 56.3 Å². The highest BCUT2D eigenvalue weighted by atomic mass is 16.5. The second-order valence-electron chi connectivity index (χ2n) is 7.28. The summed E-state index contributed by atoms with van der Waals surface area (Å²) in [6.07, 6.45) is 0.128. The number of para-hydroxylation sites is 1. The summed E-state index contributed by atoms with van der Waals surface area (Å²) in [4.78, 5) is 14.0. The van der Waals surface area contributed by atoms with Gasteiger partial charge in [-0.2, -0.15) is 0 Å². The number of hydrogen-bond donors (Lipinski definition) is 2. The van der Waals surface area contributed by atoms with Gasteiger partial charge >= 0.3 is 6.03 Å². The number of carbonyl (C=O) groups is 1. The first-order valence-corrected chi connectivity index (χ1v) is 9.97. The molecule has 0 saturated carbocycles. The smallest absolute Gasteiger partial charge is 0.321 e. The van der Waals surface area contributed by atoms with Gasteiger partial charge in [0.25, 0.3) is 0 Å². The normalized spacial score (nSPS) is 12.0. The number of urea groups is 1. The summed E-state index contributed by atoms with van der Waals surface area (Å²) in [5.74, 6) is 0. The van der Waals surface area contributed by atoms with Crippen molar-refractivity contribution in [1.29, 1.82) is 0 Å². The maximum Gasteiger partial charge on any atom is 0.321 e. The topological polar surface area (TPSA) is 71.0 Å². The van der Waals surface area contributed by atoms with Crippen LogP contribution in [0.25, 0.3) is 0 Å². The summed E-state index contributed by atoms with van der Waals surface area (Å²) in [7, 11) is 1.65. The van der Waals surface area contributed by atoms with E-state index in [0.717, 1.165) is 17.7 Å². The monoisotopic (exact) mass is 400 g/mol. The molecule has 0 aliphatic carbocycles. The number of carbonyl (C=O) groups excluding carboxylic acids is 1. The van der Waals surface area contributed by atoms with E-state index in [2.05, 4.69) is 17.4 Å². The van der Waals surface area contributed by atoms with E-state index in [1.165, 1.54) is 10.5 Å². The number of aliphatic hydroxyl groups is 1. The molecular formula is C23H32N2O4. The third-order valence-electron chi connectivity index (χ3n) is 4.32. The molecule has 0 saturated heterocycles. The van der Waals surface area contributed by atoms with E-state index in [1.54, 1.807) is 7.05 Å². The van der Waals surface area contributed by atoms with Gasteiger partial charge in [0.2, 0.25) is 0 Å². The van der Waals surface area contributed by atoms with Gasteiger partial charge in [0.15, 0.2) is 0 Å². The molecule has 0 aliphatic rings. The lowest BCUT2D eigenvalue weighted by atomic mass is 10.0. The molecular weight excluding hydrogens is 368 g/mol. The van der Waals surface area contributed by atoms with Gasteiger partial charge in [0.1, 0.15) is 0 Å². The Labute approximate surface area is 173 Å². The maximum absolute atomic E-state index is 12.5. The Hall–Kier alpha value is -2.41. The number of amides is 2. The Kier molecular flexibility index (Phi) is 9.64. The van der Waals surface area contributed by atoms with Crippen molar-refractivity contribution >= 4 is 11.7 Å². The van der Waals surface area contributed by atoms with Crippen LogP contribution < -0.4 is 5.32 Å². The predicted octanol–water partition coefficient (Wildman–Crippen LogP) is 3.54. The molecule has 1 unspecified atom stereocenters. The molecule has 2 aromatic carbocycles. The first-order valence-electron chi connectivity index (χ1n) is 9.97. The molecule has 2 N–H and O–H groups in total. The van der Waals surface area contributed by atoms with Crippen molar-refractivity contribution in [2.45, 2.75) is 32.5 Å². The first-order chi connectivity index (χ1) is 14.0. The van der Waals surface area contributed by atoms with Crippen molar-refractivity contribution in [3.05, 3.63) is 65.7 Å². The Balaban J connectivity index is 1.82. The van der Waals surface area contributed by atoms with Crippen LogP contribution in [0.4, 0.5) is 10.5 Å². The van der Waals surface area contributed by atoms with E-state index < -0.39 is 6.10 Å². The highest BCUT2D eigenvalue weighted by Crippen LogP contribution is 2.19. The quantitative estimate of drug-likeness (QED) is 0.566. The lowest BCUT2D eigenvalue weighted by Gasteiger charge is -2.22. The second kappa shape index (κ2) is 12.2. The number of anilines is 1. The fourth-order valence-corrected chi connectivity index (χ4v) is 2.84. The summed E-state index contributed by atoms with van der Waals surface area (Å²) in [6, 6.07) is 17.6. The number of rotatable bonds is 11. The van der Waals surface area contributed by atoms with E-state index >= 15 is 0 Å². The number of hydrogen-bond acceptors (Lipinski definition) is 4. The van der Waals surface area contributed by atoms with Gasteiger partial charge in [0.05, 0.1) is 38.6 Å². The molecule has 158 valence electrons. The van der Waals surface area contributed by atoms with E-state index in [-0.39, 0.29) is 25.3 Å². The zero-order chi connectivity index (χ0) is 21.1. The fraction of sp³-hybridized carbons (Fsp3) is 0.435. The van der Waals surface area contributed by atoms with Crippen LogP contribution in [0, 0.1) is 0 Å². The third kappa shape index (κ3) is 8.64. The van der Waals surface area contributed by atoms with Crippen molar-refractivity contribution in [3.63, 3.8) is 0 Å². The number of aliphatic hydroxyl groups excluding tert-OH is 1. The molecule has 0 radical (unpaired) electrons. The van der Waals surface area contributed by atoms with Gasteiger partial charge in [-0.05, 0) is 37.5 Å². The van der Waals surface area contributed by atoms with Crippen molar-refractivity contribution in [2.75, 3.05) is 38.7 Å². The van der Waals surface area contributed by atoms with Crippen molar-refractivity contribution < 1.29 is 19.4 Å².